The fraction of sp³-hybridized carbons (Fsp3) is 0.0357. The van der Waals surface area contributed by atoms with Gasteiger partial charge in [0.05, 0.1) is 16.3 Å². The van der Waals surface area contributed by atoms with Gasteiger partial charge in [0, 0.05) is 0 Å². The van der Waals surface area contributed by atoms with E-state index in [4.69, 9.17) is 0 Å². The van der Waals surface area contributed by atoms with Crippen LogP contribution in [0.25, 0.3) is 10.5 Å². The zero-order valence-corrected chi connectivity index (χ0v) is 19.4. The Hall–Kier alpha value is -4.16. The van der Waals surface area contributed by atoms with Gasteiger partial charge in [-0.3, -0.25) is 4.90 Å². The highest BCUT2D eigenvalue weighted by Crippen LogP contribution is 2.31. The molecule has 0 heterocycles. The lowest BCUT2D eigenvalue weighted by atomic mass is 10.0. The summed E-state index contributed by atoms with van der Waals surface area (Å²) >= 11 is 0. The van der Waals surface area contributed by atoms with Gasteiger partial charge in [0.15, 0.2) is 0 Å². The number of hydrogen-bond acceptors (Lipinski definition) is 3. The number of amides is 2. The van der Waals surface area contributed by atoms with Crippen molar-refractivity contribution in [2.45, 2.75) is 6.92 Å². The van der Waals surface area contributed by atoms with Gasteiger partial charge in [0.1, 0.15) is 0 Å². The van der Waals surface area contributed by atoms with E-state index in [1.807, 2.05) is 48.5 Å². The van der Waals surface area contributed by atoms with Gasteiger partial charge >= 0.3 is 6.03 Å². The third-order valence-electron chi connectivity index (χ3n) is 5.31. The van der Waals surface area contributed by atoms with Gasteiger partial charge in [-0.05, 0) is 47.9 Å². The Morgan fingerprint density at radius 1 is 0.618 bits per heavy atom. The lowest BCUT2D eigenvalue weighted by molar-refractivity contribution is 0.253. The molecule has 1 N–H and O–H groups in total. The van der Waals surface area contributed by atoms with Crippen LogP contribution in [-0.2, 0) is 10.0 Å². The fourth-order valence-electron chi connectivity index (χ4n) is 3.73. The Bertz CT molecular complexity index is 1350. The molecule has 0 aliphatic rings. The van der Waals surface area contributed by atoms with Gasteiger partial charge in [0.25, 0.3) is 10.0 Å². The molecule has 0 fully saturated rings. The summed E-state index contributed by atoms with van der Waals surface area (Å²) in [5, 5.41) is 0. The van der Waals surface area contributed by atoms with E-state index in [-0.39, 0.29) is 4.91 Å². The normalized spacial score (nSPS) is 11.9. The first-order valence-corrected chi connectivity index (χ1v) is 12.2. The lowest BCUT2D eigenvalue weighted by Crippen LogP contribution is -2.40. The summed E-state index contributed by atoms with van der Waals surface area (Å²) in [4.78, 5) is 14.9. The monoisotopic (exact) mass is 468 g/mol. The number of hydrogen-bond donors (Lipinski definition) is 1. The second-order valence-electron chi connectivity index (χ2n) is 7.60. The van der Waals surface area contributed by atoms with Crippen LogP contribution in [0.15, 0.2) is 121 Å². The highest BCUT2D eigenvalue weighted by atomic mass is 32.2. The van der Waals surface area contributed by atoms with E-state index in [1.54, 1.807) is 79.7 Å². The molecule has 0 aromatic heterocycles. The molecule has 0 unspecified atom stereocenters. The van der Waals surface area contributed by atoms with Gasteiger partial charge < -0.3 is 0 Å². The molecule has 0 aliphatic heterocycles. The van der Waals surface area contributed by atoms with Crippen LogP contribution in [0.3, 0.4) is 0 Å². The Kier molecular flexibility index (Phi) is 6.90. The summed E-state index contributed by atoms with van der Waals surface area (Å²) in [6, 6.07) is 35.1. The summed E-state index contributed by atoms with van der Waals surface area (Å²) in [6.45, 7) is 1.74. The standard InChI is InChI=1S/C28H24N2O3S/c1-22(23-14-6-2-7-15-23)27(24-16-8-3-9-17-24)34(32,33)29-28(31)30(25-18-10-4-11-19-25)26-20-12-5-13-21-26/h2-21H,1H3,(H,29,31)/b27-22+. The molecule has 0 spiro atoms. The van der Waals surface area contributed by atoms with Gasteiger partial charge in [0.2, 0.25) is 0 Å². The number of anilines is 2. The first kappa shape index (κ1) is 23.0. The van der Waals surface area contributed by atoms with Crippen LogP contribution < -0.4 is 9.62 Å². The fourth-order valence-corrected chi connectivity index (χ4v) is 5.12. The number of nitrogens with one attached hydrogen (secondary N) is 1. The largest absolute Gasteiger partial charge is 0.340 e. The number of benzene rings is 4. The average molecular weight is 469 g/mol. The molecule has 34 heavy (non-hydrogen) atoms. The summed E-state index contributed by atoms with van der Waals surface area (Å²) in [6.07, 6.45) is 0. The van der Waals surface area contributed by atoms with Gasteiger partial charge in [-0.2, -0.15) is 0 Å². The van der Waals surface area contributed by atoms with Crippen LogP contribution in [0.2, 0.25) is 0 Å². The number of allylic oxidation sites excluding steroid dienone is 1. The smallest absolute Gasteiger partial charge is 0.262 e. The number of carbonyl (C=O) groups is 1. The number of urea groups is 1. The van der Waals surface area contributed by atoms with Crippen LogP contribution >= 0.6 is 0 Å². The van der Waals surface area contributed by atoms with Crippen LogP contribution in [0.5, 0.6) is 0 Å². The summed E-state index contributed by atoms with van der Waals surface area (Å²) in [5.74, 6) is 0. The minimum Gasteiger partial charge on any atom is -0.262 e. The molecular weight excluding hydrogens is 444 g/mol. The average Bonchev–Trinajstić information content (AvgIpc) is 2.86. The van der Waals surface area contributed by atoms with Crippen molar-refractivity contribution in [2.24, 2.45) is 0 Å². The third kappa shape index (κ3) is 5.08. The number of carbonyl (C=O) groups excluding carboxylic acids is 1. The summed E-state index contributed by atoms with van der Waals surface area (Å²) in [5.41, 5.74) is 2.88. The van der Waals surface area contributed by atoms with E-state index in [1.165, 1.54) is 4.90 Å². The minimum atomic E-state index is -4.24. The molecule has 170 valence electrons. The molecule has 0 aliphatic carbocycles. The van der Waals surface area contributed by atoms with Crippen LogP contribution in [0.4, 0.5) is 16.2 Å². The number of para-hydroxylation sites is 2. The van der Waals surface area contributed by atoms with Crippen molar-refractivity contribution >= 4 is 37.9 Å². The summed E-state index contributed by atoms with van der Waals surface area (Å²) in [7, 11) is -4.24. The number of nitrogens with zero attached hydrogens (tertiary/aromatic N) is 1. The molecule has 4 aromatic carbocycles. The third-order valence-corrected chi connectivity index (χ3v) is 6.83. The molecule has 0 radical (unpaired) electrons. The molecular formula is C28H24N2O3S. The predicted molar refractivity (Wildman–Crippen MR) is 138 cm³/mol. The van der Waals surface area contributed by atoms with Crippen LogP contribution in [-0.4, -0.2) is 14.4 Å². The number of sulfonamides is 1. The van der Waals surface area contributed by atoms with E-state index in [2.05, 4.69) is 4.72 Å². The molecule has 2 amide bonds. The van der Waals surface area contributed by atoms with Gasteiger partial charge in [-0.25, -0.2) is 17.9 Å². The maximum Gasteiger partial charge on any atom is 0.340 e. The van der Waals surface area contributed by atoms with Crippen molar-refractivity contribution in [2.75, 3.05) is 4.90 Å². The van der Waals surface area contributed by atoms with Crippen molar-refractivity contribution in [1.82, 2.24) is 4.72 Å². The predicted octanol–water partition coefficient (Wildman–Crippen LogP) is 6.45. The SMILES string of the molecule is C/C(=C(/c1ccccc1)S(=O)(=O)NC(=O)N(c1ccccc1)c1ccccc1)c1ccccc1. The molecule has 0 bridgehead atoms. The Labute approximate surface area is 200 Å². The van der Waals surface area contributed by atoms with Gasteiger partial charge in [-0.1, -0.05) is 97.1 Å². The van der Waals surface area contributed by atoms with E-state index in [9.17, 15) is 13.2 Å². The van der Waals surface area contributed by atoms with Crippen molar-refractivity contribution in [1.29, 1.82) is 0 Å². The van der Waals surface area contributed by atoms with Crippen molar-refractivity contribution in [3.05, 3.63) is 132 Å². The molecule has 6 heteroatoms. The Balaban J connectivity index is 1.79. The first-order valence-electron chi connectivity index (χ1n) is 10.8. The van der Waals surface area contributed by atoms with E-state index < -0.39 is 16.1 Å². The van der Waals surface area contributed by atoms with Crippen molar-refractivity contribution < 1.29 is 13.2 Å². The summed E-state index contributed by atoms with van der Waals surface area (Å²) < 4.78 is 29.7. The molecule has 4 aromatic rings. The molecule has 0 saturated heterocycles. The second-order valence-corrected chi connectivity index (χ2v) is 9.22. The second kappa shape index (κ2) is 10.2. The highest BCUT2D eigenvalue weighted by molar-refractivity contribution is 7.99. The van der Waals surface area contributed by atoms with E-state index in [0.29, 0.717) is 22.5 Å². The molecule has 0 atom stereocenters. The lowest BCUT2D eigenvalue weighted by Gasteiger charge is -2.24. The zero-order chi connectivity index (χ0) is 24.0. The first-order chi connectivity index (χ1) is 16.5. The zero-order valence-electron chi connectivity index (χ0n) is 18.6. The Morgan fingerprint density at radius 2 is 1.00 bits per heavy atom. The molecule has 5 nitrogen and oxygen atoms in total. The minimum absolute atomic E-state index is 0.0497. The molecule has 0 saturated carbocycles. The maximum absolute atomic E-state index is 13.7. The quantitative estimate of drug-likeness (QED) is 0.331. The van der Waals surface area contributed by atoms with E-state index >= 15 is 0 Å². The topological polar surface area (TPSA) is 66.5 Å². The highest BCUT2D eigenvalue weighted by Gasteiger charge is 2.28. The number of rotatable bonds is 6. The van der Waals surface area contributed by atoms with Crippen LogP contribution in [0.1, 0.15) is 18.1 Å². The van der Waals surface area contributed by atoms with Crippen molar-refractivity contribution in [3.63, 3.8) is 0 Å². The maximum atomic E-state index is 13.7. The molecule has 4 rings (SSSR count). The van der Waals surface area contributed by atoms with E-state index in [0.717, 1.165) is 5.56 Å². The van der Waals surface area contributed by atoms with Gasteiger partial charge in [-0.15, -0.1) is 0 Å². The Morgan fingerprint density at radius 3 is 1.44 bits per heavy atom. The van der Waals surface area contributed by atoms with Crippen LogP contribution in [0, 0.1) is 0 Å². The van der Waals surface area contributed by atoms with Crippen molar-refractivity contribution in [3.8, 4) is 0 Å².